The summed E-state index contributed by atoms with van der Waals surface area (Å²) in [7, 11) is 1.56. The van der Waals surface area contributed by atoms with Crippen LogP contribution >= 0.6 is 11.6 Å². The summed E-state index contributed by atoms with van der Waals surface area (Å²) >= 11 is 5.69. The summed E-state index contributed by atoms with van der Waals surface area (Å²) in [5, 5.41) is 14.0. The van der Waals surface area contributed by atoms with Crippen LogP contribution < -0.4 is 10.1 Å². The highest BCUT2D eigenvalue weighted by atomic mass is 35.5. The first kappa shape index (κ1) is 13.1. The Bertz CT molecular complexity index is 602. The maximum absolute atomic E-state index is 10.9. The van der Waals surface area contributed by atoms with Gasteiger partial charge in [-0.15, -0.1) is 0 Å². The molecule has 98 valence electrons. The van der Waals surface area contributed by atoms with Gasteiger partial charge in [0.25, 0.3) is 0 Å². The van der Waals surface area contributed by atoms with Gasteiger partial charge in [0.2, 0.25) is 5.82 Å². The van der Waals surface area contributed by atoms with E-state index in [0.29, 0.717) is 11.4 Å². The Balaban J connectivity index is 2.29. The average molecular weight is 280 g/mol. The molecule has 0 aliphatic rings. The highest BCUT2D eigenvalue weighted by Crippen LogP contribution is 2.28. The fourth-order valence-electron chi connectivity index (χ4n) is 1.48. The maximum atomic E-state index is 10.9. The van der Waals surface area contributed by atoms with Gasteiger partial charge in [0, 0.05) is 18.0 Å². The number of halogens is 1. The third-order valence-electron chi connectivity index (χ3n) is 2.38. The second-order valence-electron chi connectivity index (χ2n) is 3.63. The SMILES string of the molecule is COc1ccc(Nc2ncc(Cl)cc2[N+](=O)[O-])cc1. The number of hydrogen-bond acceptors (Lipinski definition) is 5. The highest BCUT2D eigenvalue weighted by molar-refractivity contribution is 6.30. The van der Waals surface area contributed by atoms with E-state index in [1.54, 1.807) is 31.4 Å². The lowest BCUT2D eigenvalue weighted by Gasteiger charge is -2.07. The number of ether oxygens (including phenoxy) is 1. The maximum Gasteiger partial charge on any atom is 0.313 e. The summed E-state index contributed by atoms with van der Waals surface area (Å²) in [6, 6.07) is 8.20. The summed E-state index contributed by atoms with van der Waals surface area (Å²) in [4.78, 5) is 14.3. The Morgan fingerprint density at radius 1 is 1.37 bits per heavy atom. The third-order valence-corrected chi connectivity index (χ3v) is 2.59. The van der Waals surface area contributed by atoms with Crippen LogP contribution in [0.15, 0.2) is 36.5 Å². The molecule has 0 atom stereocenters. The molecule has 0 amide bonds. The molecule has 0 spiro atoms. The van der Waals surface area contributed by atoms with E-state index in [-0.39, 0.29) is 16.5 Å². The number of rotatable bonds is 4. The number of hydrogen-bond donors (Lipinski definition) is 1. The van der Waals surface area contributed by atoms with Crippen molar-refractivity contribution >= 4 is 28.8 Å². The minimum Gasteiger partial charge on any atom is -0.497 e. The lowest BCUT2D eigenvalue weighted by Crippen LogP contribution is -1.99. The minimum absolute atomic E-state index is 0.138. The van der Waals surface area contributed by atoms with Crippen LogP contribution in [0.4, 0.5) is 17.2 Å². The number of nitrogens with zero attached hydrogens (tertiary/aromatic N) is 2. The van der Waals surface area contributed by atoms with Crippen LogP contribution in [0.3, 0.4) is 0 Å². The Morgan fingerprint density at radius 3 is 2.63 bits per heavy atom. The molecule has 1 heterocycles. The van der Waals surface area contributed by atoms with E-state index in [0.717, 1.165) is 0 Å². The molecule has 1 N–H and O–H groups in total. The van der Waals surface area contributed by atoms with Gasteiger partial charge in [0.1, 0.15) is 5.75 Å². The molecule has 0 unspecified atom stereocenters. The standard InChI is InChI=1S/C12H10ClN3O3/c1-19-10-4-2-9(3-5-10)15-12-11(16(17)18)6-8(13)7-14-12/h2-7H,1H3,(H,14,15). The largest absolute Gasteiger partial charge is 0.497 e. The molecular weight excluding hydrogens is 270 g/mol. The lowest BCUT2D eigenvalue weighted by molar-refractivity contribution is -0.384. The van der Waals surface area contributed by atoms with Crippen molar-refractivity contribution in [2.24, 2.45) is 0 Å². The average Bonchev–Trinajstić information content (AvgIpc) is 2.41. The van der Waals surface area contributed by atoms with Gasteiger partial charge in [-0.25, -0.2) is 4.98 Å². The highest BCUT2D eigenvalue weighted by Gasteiger charge is 2.16. The number of anilines is 2. The third kappa shape index (κ3) is 3.11. The predicted molar refractivity (Wildman–Crippen MR) is 72.2 cm³/mol. The van der Waals surface area contributed by atoms with Crippen molar-refractivity contribution in [2.45, 2.75) is 0 Å². The van der Waals surface area contributed by atoms with Gasteiger partial charge in [-0.05, 0) is 24.3 Å². The van der Waals surface area contributed by atoms with Crippen molar-refractivity contribution in [2.75, 3.05) is 12.4 Å². The van der Waals surface area contributed by atoms with Gasteiger partial charge in [0.05, 0.1) is 17.1 Å². The molecular formula is C12H10ClN3O3. The number of nitro groups is 1. The Labute approximate surface area is 114 Å². The quantitative estimate of drug-likeness (QED) is 0.685. The van der Waals surface area contributed by atoms with Crippen LogP contribution in [-0.2, 0) is 0 Å². The molecule has 0 radical (unpaired) electrons. The van der Waals surface area contributed by atoms with Gasteiger partial charge in [-0.2, -0.15) is 0 Å². The summed E-state index contributed by atoms with van der Waals surface area (Å²) in [6.45, 7) is 0. The van der Waals surface area contributed by atoms with E-state index in [4.69, 9.17) is 16.3 Å². The Hall–Kier alpha value is -2.34. The first-order valence-electron chi connectivity index (χ1n) is 5.31. The zero-order valence-corrected chi connectivity index (χ0v) is 10.7. The summed E-state index contributed by atoms with van der Waals surface area (Å²) in [5.41, 5.74) is 0.488. The molecule has 0 aliphatic carbocycles. The fourth-order valence-corrected chi connectivity index (χ4v) is 1.63. The second-order valence-corrected chi connectivity index (χ2v) is 4.07. The number of benzene rings is 1. The van der Waals surface area contributed by atoms with Crippen LogP contribution in [-0.4, -0.2) is 17.0 Å². The lowest BCUT2D eigenvalue weighted by atomic mass is 10.3. The zero-order chi connectivity index (χ0) is 13.8. The predicted octanol–water partition coefficient (Wildman–Crippen LogP) is 3.40. The first-order valence-corrected chi connectivity index (χ1v) is 5.69. The molecule has 0 bridgehead atoms. The van der Waals surface area contributed by atoms with Crippen molar-refractivity contribution in [3.8, 4) is 5.75 Å². The van der Waals surface area contributed by atoms with Gasteiger partial charge < -0.3 is 10.1 Å². The minimum atomic E-state index is -0.537. The van der Waals surface area contributed by atoms with Gasteiger partial charge in [-0.1, -0.05) is 11.6 Å². The molecule has 1 aromatic heterocycles. The summed E-state index contributed by atoms with van der Waals surface area (Å²) in [5.74, 6) is 0.837. The van der Waals surface area contributed by atoms with Crippen molar-refractivity contribution < 1.29 is 9.66 Å². The van der Waals surface area contributed by atoms with Gasteiger partial charge in [-0.3, -0.25) is 10.1 Å². The normalized spacial score (nSPS) is 10.0. The van der Waals surface area contributed by atoms with Gasteiger partial charge >= 0.3 is 5.69 Å². The van der Waals surface area contributed by atoms with Crippen molar-refractivity contribution in [1.82, 2.24) is 4.98 Å². The van der Waals surface area contributed by atoms with Crippen molar-refractivity contribution in [3.63, 3.8) is 0 Å². The smallest absolute Gasteiger partial charge is 0.313 e. The van der Waals surface area contributed by atoms with Gasteiger partial charge in [0.15, 0.2) is 0 Å². The number of nitrogens with one attached hydrogen (secondary N) is 1. The number of aromatic nitrogens is 1. The molecule has 0 saturated carbocycles. The first-order chi connectivity index (χ1) is 9.10. The molecule has 19 heavy (non-hydrogen) atoms. The van der Waals surface area contributed by atoms with Crippen LogP contribution in [0.5, 0.6) is 5.75 Å². The fraction of sp³-hybridized carbons (Fsp3) is 0.0833. The second kappa shape index (κ2) is 5.53. The van der Waals surface area contributed by atoms with E-state index in [9.17, 15) is 10.1 Å². The summed E-state index contributed by atoms with van der Waals surface area (Å²) < 4.78 is 5.03. The van der Waals surface area contributed by atoms with E-state index in [1.165, 1.54) is 12.3 Å². The van der Waals surface area contributed by atoms with Crippen LogP contribution in [0.1, 0.15) is 0 Å². The van der Waals surface area contributed by atoms with E-state index < -0.39 is 4.92 Å². The molecule has 7 heteroatoms. The van der Waals surface area contributed by atoms with E-state index >= 15 is 0 Å². The van der Waals surface area contributed by atoms with E-state index in [1.807, 2.05) is 0 Å². The number of pyridine rings is 1. The molecule has 0 aliphatic heterocycles. The topological polar surface area (TPSA) is 77.3 Å². The Kier molecular flexibility index (Phi) is 3.82. The molecule has 2 rings (SSSR count). The zero-order valence-electron chi connectivity index (χ0n) is 9.96. The monoisotopic (exact) mass is 279 g/mol. The Morgan fingerprint density at radius 2 is 2.05 bits per heavy atom. The van der Waals surface area contributed by atoms with Crippen LogP contribution in [0, 0.1) is 10.1 Å². The summed E-state index contributed by atoms with van der Waals surface area (Å²) in [6.07, 6.45) is 1.35. The molecule has 2 aromatic rings. The van der Waals surface area contributed by atoms with Crippen molar-refractivity contribution in [3.05, 3.63) is 51.7 Å². The van der Waals surface area contributed by atoms with E-state index in [2.05, 4.69) is 10.3 Å². The molecule has 1 aromatic carbocycles. The molecule has 0 fully saturated rings. The molecule has 6 nitrogen and oxygen atoms in total. The van der Waals surface area contributed by atoms with Crippen molar-refractivity contribution in [1.29, 1.82) is 0 Å². The van der Waals surface area contributed by atoms with Crippen LogP contribution in [0.25, 0.3) is 0 Å². The number of methoxy groups -OCH3 is 1. The molecule has 0 saturated heterocycles. The van der Waals surface area contributed by atoms with Crippen LogP contribution in [0.2, 0.25) is 5.02 Å².